The monoisotopic (exact) mass is 520 g/mol. The first-order valence-corrected chi connectivity index (χ1v) is 14.1. The first kappa shape index (κ1) is 25.1. The van der Waals surface area contributed by atoms with Crippen molar-refractivity contribution in [2.45, 2.75) is 32.7 Å². The standard InChI is InChI=1S/C26H32N8O2S/c1-16(2)19-7-8-23(34-13-18(14-34)33(5)37(6,35)36)21-12-28-25(11-20(19)21)29-24-9-10-27-26(30-24)22-15-32(4)31-17(22)3/h7-12,15-16,18H,13-14H2,1-6H3,(H,27,28,29,30). The Morgan fingerprint density at radius 2 is 1.86 bits per heavy atom. The van der Waals surface area contributed by atoms with Gasteiger partial charge in [-0.1, -0.05) is 19.9 Å². The molecular formula is C26H32N8O2S. The van der Waals surface area contributed by atoms with Crippen molar-refractivity contribution in [2.24, 2.45) is 7.05 Å². The van der Waals surface area contributed by atoms with Crippen LogP contribution in [0.1, 0.15) is 31.0 Å². The number of nitrogens with zero attached hydrogens (tertiary/aromatic N) is 7. The van der Waals surface area contributed by atoms with Crippen molar-refractivity contribution in [1.29, 1.82) is 0 Å². The van der Waals surface area contributed by atoms with Crippen LogP contribution in [-0.4, -0.2) is 69.9 Å². The van der Waals surface area contributed by atoms with Gasteiger partial charge < -0.3 is 10.2 Å². The largest absolute Gasteiger partial charge is 0.368 e. The summed E-state index contributed by atoms with van der Waals surface area (Å²) in [5, 5.41) is 9.89. The number of hydrogen-bond acceptors (Lipinski definition) is 8. The fourth-order valence-electron chi connectivity index (χ4n) is 4.76. The summed E-state index contributed by atoms with van der Waals surface area (Å²) >= 11 is 0. The maximum Gasteiger partial charge on any atom is 0.211 e. The van der Waals surface area contributed by atoms with Crippen LogP contribution >= 0.6 is 0 Å². The molecule has 0 saturated carbocycles. The Bertz CT molecular complexity index is 1570. The van der Waals surface area contributed by atoms with Gasteiger partial charge in [0.25, 0.3) is 0 Å². The van der Waals surface area contributed by atoms with Crippen LogP contribution in [0.25, 0.3) is 22.2 Å². The molecule has 0 aliphatic carbocycles. The second kappa shape index (κ2) is 9.38. The summed E-state index contributed by atoms with van der Waals surface area (Å²) < 4.78 is 27.1. The van der Waals surface area contributed by atoms with E-state index in [0.29, 0.717) is 36.5 Å². The smallest absolute Gasteiger partial charge is 0.211 e. The fourth-order valence-corrected chi connectivity index (χ4v) is 5.43. The molecule has 1 fully saturated rings. The number of rotatable bonds is 7. The molecule has 4 aromatic rings. The number of hydrogen-bond donors (Lipinski definition) is 1. The maximum absolute atomic E-state index is 11.9. The Hall–Kier alpha value is -3.57. The lowest BCUT2D eigenvalue weighted by Gasteiger charge is -2.44. The van der Waals surface area contributed by atoms with Gasteiger partial charge in [0.1, 0.15) is 11.6 Å². The third-order valence-electron chi connectivity index (χ3n) is 6.94. The van der Waals surface area contributed by atoms with Crippen molar-refractivity contribution in [3.8, 4) is 11.4 Å². The second-order valence-electron chi connectivity index (χ2n) is 9.97. The van der Waals surface area contributed by atoms with Crippen LogP contribution in [-0.2, 0) is 17.1 Å². The molecule has 1 saturated heterocycles. The van der Waals surface area contributed by atoms with Crippen molar-refractivity contribution in [3.05, 3.63) is 54.1 Å². The molecule has 5 rings (SSSR count). The lowest BCUT2D eigenvalue weighted by molar-refractivity contribution is 0.313. The predicted octanol–water partition coefficient (Wildman–Crippen LogP) is 3.68. The Morgan fingerprint density at radius 3 is 2.51 bits per heavy atom. The molecule has 11 heteroatoms. The van der Waals surface area contributed by atoms with E-state index >= 15 is 0 Å². The van der Waals surface area contributed by atoms with Crippen molar-refractivity contribution >= 4 is 38.1 Å². The van der Waals surface area contributed by atoms with Crippen LogP contribution in [0.4, 0.5) is 17.3 Å². The molecule has 37 heavy (non-hydrogen) atoms. The number of fused-ring (bicyclic) bond motifs is 1. The summed E-state index contributed by atoms with van der Waals surface area (Å²) in [6, 6.07) is 8.13. The quantitative estimate of drug-likeness (QED) is 0.393. The molecule has 0 atom stereocenters. The lowest BCUT2D eigenvalue weighted by atomic mass is 9.94. The Balaban J connectivity index is 1.45. The van der Waals surface area contributed by atoms with Gasteiger partial charge in [0.05, 0.1) is 23.6 Å². The third-order valence-corrected chi connectivity index (χ3v) is 8.28. The average Bonchev–Trinajstić information content (AvgIpc) is 3.15. The lowest BCUT2D eigenvalue weighted by Crippen LogP contribution is -2.59. The van der Waals surface area contributed by atoms with Gasteiger partial charge in [-0.05, 0) is 42.0 Å². The highest BCUT2D eigenvalue weighted by atomic mass is 32.2. The van der Waals surface area contributed by atoms with Crippen LogP contribution in [0.5, 0.6) is 0 Å². The van der Waals surface area contributed by atoms with E-state index in [9.17, 15) is 8.42 Å². The molecule has 0 bridgehead atoms. The van der Waals surface area contributed by atoms with Crippen LogP contribution in [0.2, 0.25) is 0 Å². The Morgan fingerprint density at radius 1 is 1.11 bits per heavy atom. The Kier molecular flexibility index (Phi) is 6.36. The first-order chi connectivity index (χ1) is 17.5. The molecule has 0 amide bonds. The average molecular weight is 521 g/mol. The number of likely N-dealkylation sites (N-methyl/N-ethyl adjacent to an activating group) is 1. The predicted molar refractivity (Wildman–Crippen MR) is 147 cm³/mol. The van der Waals surface area contributed by atoms with Gasteiger partial charge in [0.2, 0.25) is 10.0 Å². The van der Waals surface area contributed by atoms with E-state index in [1.165, 1.54) is 16.1 Å². The second-order valence-corrected chi connectivity index (χ2v) is 12.0. The highest BCUT2D eigenvalue weighted by Crippen LogP contribution is 2.36. The number of aromatic nitrogens is 5. The minimum Gasteiger partial charge on any atom is -0.368 e. The molecule has 194 valence electrons. The molecule has 1 aliphatic heterocycles. The van der Waals surface area contributed by atoms with E-state index in [2.05, 4.69) is 57.3 Å². The van der Waals surface area contributed by atoms with Crippen LogP contribution in [0.3, 0.4) is 0 Å². The zero-order chi connectivity index (χ0) is 26.5. The van der Waals surface area contributed by atoms with E-state index in [-0.39, 0.29) is 6.04 Å². The molecular weight excluding hydrogens is 488 g/mol. The Labute approximate surface area is 217 Å². The number of aryl methyl sites for hydroxylation is 2. The van der Waals surface area contributed by atoms with Gasteiger partial charge in [0.15, 0.2) is 5.82 Å². The van der Waals surface area contributed by atoms with Crippen LogP contribution in [0, 0.1) is 6.92 Å². The van der Waals surface area contributed by atoms with Crippen molar-refractivity contribution in [2.75, 3.05) is 36.6 Å². The van der Waals surface area contributed by atoms with Gasteiger partial charge in [-0.3, -0.25) is 4.68 Å². The summed E-state index contributed by atoms with van der Waals surface area (Å²) in [4.78, 5) is 16.0. The van der Waals surface area contributed by atoms with Gasteiger partial charge >= 0.3 is 0 Å². The SMILES string of the molecule is Cc1nn(C)cc1-c1nccc(Nc2cc3c(C(C)C)ccc(N4CC(N(C)S(C)(=O)=O)C4)c3cn2)n1. The van der Waals surface area contributed by atoms with Gasteiger partial charge in [-0.25, -0.2) is 23.4 Å². The molecule has 0 unspecified atom stereocenters. The minimum absolute atomic E-state index is 0.0286. The van der Waals surface area contributed by atoms with E-state index in [1.54, 1.807) is 17.9 Å². The summed E-state index contributed by atoms with van der Waals surface area (Å²) in [5.74, 6) is 2.27. The summed E-state index contributed by atoms with van der Waals surface area (Å²) in [6.07, 6.45) is 6.77. The molecule has 3 aromatic heterocycles. The minimum atomic E-state index is -3.22. The number of sulfonamides is 1. The molecule has 10 nitrogen and oxygen atoms in total. The van der Waals surface area contributed by atoms with E-state index < -0.39 is 10.0 Å². The van der Waals surface area contributed by atoms with E-state index in [0.717, 1.165) is 27.7 Å². The number of anilines is 3. The zero-order valence-corrected chi connectivity index (χ0v) is 22.8. The molecule has 1 aromatic carbocycles. The van der Waals surface area contributed by atoms with Crippen molar-refractivity contribution in [3.63, 3.8) is 0 Å². The van der Waals surface area contributed by atoms with Crippen molar-refractivity contribution in [1.82, 2.24) is 29.0 Å². The molecule has 4 heterocycles. The highest BCUT2D eigenvalue weighted by molar-refractivity contribution is 7.88. The number of nitrogens with one attached hydrogen (secondary N) is 1. The van der Waals surface area contributed by atoms with E-state index in [4.69, 9.17) is 4.98 Å². The topological polar surface area (TPSA) is 109 Å². The normalized spacial score (nSPS) is 14.5. The summed E-state index contributed by atoms with van der Waals surface area (Å²) in [6.45, 7) is 7.59. The molecule has 0 spiro atoms. The zero-order valence-electron chi connectivity index (χ0n) is 22.0. The third kappa shape index (κ3) is 4.88. The summed E-state index contributed by atoms with van der Waals surface area (Å²) in [7, 11) is 0.306. The van der Waals surface area contributed by atoms with Crippen molar-refractivity contribution < 1.29 is 8.42 Å². The van der Waals surface area contributed by atoms with Gasteiger partial charge in [0, 0.05) is 56.8 Å². The maximum atomic E-state index is 11.9. The molecule has 0 radical (unpaired) electrons. The fraction of sp³-hybridized carbons (Fsp3) is 0.385. The number of pyridine rings is 1. The first-order valence-electron chi connectivity index (χ1n) is 12.2. The van der Waals surface area contributed by atoms with Gasteiger partial charge in [-0.2, -0.15) is 9.40 Å². The summed E-state index contributed by atoms with van der Waals surface area (Å²) in [5.41, 5.74) is 4.05. The number of benzene rings is 1. The van der Waals surface area contributed by atoms with Crippen LogP contribution < -0.4 is 10.2 Å². The van der Waals surface area contributed by atoms with Gasteiger partial charge in [-0.15, -0.1) is 0 Å². The van der Waals surface area contributed by atoms with E-state index in [1.807, 2.05) is 32.4 Å². The van der Waals surface area contributed by atoms with Crippen LogP contribution in [0.15, 0.2) is 42.9 Å². The molecule has 1 aliphatic rings. The molecule has 1 N–H and O–H groups in total. The highest BCUT2D eigenvalue weighted by Gasteiger charge is 2.35.